The number of amides is 1. The molecule has 0 aliphatic rings. The van der Waals surface area contributed by atoms with Crippen LogP contribution in [-0.4, -0.2) is 12.4 Å². The van der Waals surface area contributed by atoms with E-state index in [0.29, 0.717) is 5.69 Å². The minimum absolute atomic E-state index is 0.269. The van der Waals surface area contributed by atoms with Crippen molar-refractivity contribution in [1.29, 1.82) is 5.26 Å². The fourth-order valence-electron chi connectivity index (χ4n) is 1.17. The van der Waals surface area contributed by atoms with Crippen LogP contribution in [0.3, 0.4) is 0 Å². The summed E-state index contributed by atoms with van der Waals surface area (Å²) in [4.78, 5) is 12.2. The van der Waals surface area contributed by atoms with Crippen LogP contribution in [0.4, 0.5) is 10.5 Å². The molecule has 0 bridgehead atoms. The van der Waals surface area contributed by atoms with Crippen LogP contribution < -0.4 is 4.90 Å². The van der Waals surface area contributed by atoms with Crippen molar-refractivity contribution < 1.29 is 4.79 Å². The molecule has 0 spiro atoms. The first-order chi connectivity index (χ1) is 6.66. The SMILES string of the molecule is CN(C(=O)Cl)c1ccccc1CC#N. The van der Waals surface area contributed by atoms with E-state index in [-0.39, 0.29) is 6.42 Å². The Kier molecular flexibility index (Phi) is 3.49. The Morgan fingerprint density at radius 2 is 2.21 bits per heavy atom. The maximum absolute atomic E-state index is 10.9. The van der Waals surface area contributed by atoms with E-state index in [1.165, 1.54) is 4.90 Å². The van der Waals surface area contributed by atoms with E-state index in [0.717, 1.165) is 5.56 Å². The van der Waals surface area contributed by atoms with Crippen molar-refractivity contribution >= 4 is 22.7 Å². The van der Waals surface area contributed by atoms with Crippen LogP contribution in [0.15, 0.2) is 24.3 Å². The summed E-state index contributed by atoms with van der Waals surface area (Å²) < 4.78 is 0. The Morgan fingerprint density at radius 3 is 2.79 bits per heavy atom. The summed E-state index contributed by atoms with van der Waals surface area (Å²) >= 11 is 5.34. The predicted molar refractivity (Wildman–Crippen MR) is 55.4 cm³/mol. The zero-order valence-corrected chi connectivity index (χ0v) is 8.45. The fourth-order valence-corrected chi connectivity index (χ4v) is 1.26. The zero-order valence-electron chi connectivity index (χ0n) is 7.70. The molecule has 72 valence electrons. The van der Waals surface area contributed by atoms with E-state index in [1.807, 2.05) is 12.1 Å². The molecule has 0 aliphatic heterocycles. The highest BCUT2D eigenvalue weighted by Gasteiger charge is 2.10. The highest BCUT2D eigenvalue weighted by Crippen LogP contribution is 2.20. The Labute approximate surface area is 87.5 Å². The number of nitriles is 1. The van der Waals surface area contributed by atoms with Gasteiger partial charge in [-0.3, -0.25) is 4.79 Å². The summed E-state index contributed by atoms with van der Waals surface area (Å²) in [5, 5.41) is 8.02. The van der Waals surface area contributed by atoms with Crippen molar-refractivity contribution in [1.82, 2.24) is 0 Å². The molecule has 14 heavy (non-hydrogen) atoms. The van der Waals surface area contributed by atoms with Crippen LogP contribution >= 0.6 is 11.6 Å². The molecule has 0 heterocycles. The monoisotopic (exact) mass is 208 g/mol. The lowest BCUT2D eigenvalue weighted by Crippen LogP contribution is -2.20. The number of halogens is 1. The van der Waals surface area contributed by atoms with Crippen molar-refractivity contribution in [2.45, 2.75) is 6.42 Å². The average molecular weight is 209 g/mol. The molecule has 0 unspecified atom stereocenters. The lowest BCUT2D eigenvalue weighted by molar-refractivity contribution is 0.265. The standard InChI is InChI=1S/C10H9ClN2O/c1-13(10(11)14)9-5-3-2-4-8(9)6-7-12/h2-5H,6H2,1H3. The highest BCUT2D eigenvalue weighted by molar-refractivity contribution is 6.66. The average Bonchev–Trinajstić information content (AvgIpc) is 2.18. The molecule has 0 atom stereocenters. The number of para-hydroxylation sites is 1. The van der Waals surface area contributed by atoms with Gasteiger partial charge in [-0.1, -0.05) is 18.2 Å². The molecule has 0 saturated heterocycles. The fraction of sp³-hybridized carbons (Fsp3) is 0.200. The first-order valence-corrected chi connectivity index (χ1v) is 4.42. The van der Waals surface area contributed by atoms with E-state index in [9.17, 15) is 4.79 Å². The summed E-state index contributed by atoms with van der Waals surface area (Å²) in [7, 11) is 1.57. The van der Waals surface area contributed by atoms with Gasteiger partial charge in [-0.15, -0.1) is 0 Å². The largest absolute Gasteiger partial charge is 0.320 e. The van der Waals surface area contributed by atoms with Crippen molar-refractivity contribution in [3.63, 3.8) is 0 Å². The highest BCUT2D eigenvalue weighted by atomic mass is 35.5. The van der Waals surface area contributed by atoms with Crippen molar-refractivity contribution in [2.75, 3.05) is 11.9 Å². The number of nitrogens with zero attached hydrogens (tertiary/aromatic N) is 2. The maximum Gasteiger partial charge on any atom is 0.320 e. The number of anilines is 1. The number of carbonyl (C=O) groups is 1. The summed E-state index contributed by atoms with van der Waals surface area (Å²) in [5.41, 5.74) is 1.47. The third-order valence-electron chi connectivity index (χ3n) is 1.89. The number of hydrogen-bond acceptors (Lipinski definition) is 2. The van der Waals surface area contributed by atoms with Crippen LogP contribution in [-0.2, 0) is 6.42 Å². The summed E-state index contributed by atoms with van der Waals surface area (Å²) in [6.07, 6.45) is 0.269. The molecule has 1 aromatic rings. The number of benzene rings is 1. The molecular weight excluding hydrogens is 200 g/mol. The lowest BCUT2D eigenvalue weighted by atomic mass is 10.1. The first-order valence-electron chi connectivity index (χ1n) is 4.05. The van der Waals surface area contributed by atoms with E-state index in [4.69, 9.17) is 16.9 Å². The minimum atomic E-state index is -0.560. The summed E-state index contributed by atoms with van der Waals surface area (Å²) in [6.45, 7) is 0. The van der Waals surface area contributed by atoms with Gasteiger partial charge in [-0.05, 0) is 23.2 Å². The molecule has 0 radical (unpaired) electrons. The minimum Gasteiger partial charge on any atom is -0.302 e. The van der Waals surface area contributed by atoms with Gasteiger partial charge in [0, 0.05) is 12.7 Å². The van der Waals surface area contributed by atoms with E-state index < -0.39 is 5.37 Å². The molecule has 0 N–H and O–H groups in total. The topological polar surface area (TPSA) is 44.1 Å². The number of hydrogen-bond donors (Lipinski definition) is 0. The molecule has 0 saturated carbocycles. The van der Waals surface area contributed by atoms with Gasteiger partial charge in [0.15, 0.2) is 0 Å². The van der Waals surface area contributed by atoms with E-state index in [2.05, 4.69) is 0 Å². The van der Waals surface area contributed by atoms with Crippen LogP contribution in [0.5, 0.6) is 0 Å². The van der Waals surface area contributed by atoms with Crippen molar-refractivity contribution in [2.24, 2.45) is 0 Å². The van der Waals surface area contributed by atoms with Gasteiger partial charge in [-0.2, -0.15) is 5.26 Å². The second-order valence-electron chi connectivity index (χ2n) is 2.78. The first kappa shape index (κ1) is 10.6. The van der Waals surface area contributed by atoms with Crippen molar-refractivity contribution in [3.05, 3.63) is 29.8 Å². The Hall–Kier alpha value is -1.53. The van der Waals surface area contributed by atoms with Crippen molar-refractivity contribution in [3.8, 4) is 6.07 Å². The molecule has 1 aromatic carbocycles. The zero-order chi connectivity index (χ0) is 10.6. The van der Waals surface area contributed by atoms with Crippen LogP contribution in [0.1, 0.15) is 5.56 Å². The van der Waals surface area contributed by atoms with Gasteiger partial charge < -0.3 is 4.90 Å². The Bertz CT molecular complexity index is 384. The molecule has 4 heteroatoms. The Balaban J connectivity index is 3.07. The van der Waals surface area contributed by atoms with E-state index in [1.54, 1.807) is 25.2 Å². The van der Waals surface area contributed by atoms with Gasteiger partial charge in [0.1, 0.15) is 0 Å². The second-order valence-corrected chi connectivity index (χ2v) is 3.10. The molecule has 3 nitrogen and oxygen atoms in total. The summed E-state index contributed by atoms with van der Waals surface area (Å²) in [5.74, 6) is 0. The molecule has 0 aliphatic carbocycles. The van der Waals surface area contributed by atoms with Gasteiger partial charge >= 0.3 is 5.37 Å². The summed E-state index contributed by atoms with van der Waals surface area (Å²) in [6, 6.07) is 9.21. The third-order valence-corrected chi connectivity index (χ3v) is 2.14. The number of carbonyl (C=O) groups excluding carboxylic acids is 1. The maximum atomic E-state index is 10.9. The molecule has 0 aromatic heterocycles. The van der Waals surface area contributed by atoms with Crippen LogP contribution in [0, 0.1) is 11.3 Å². The van der Waals surface area contributed by atoms with Gasteiger partial charge in [0.25, 0.3) is 0 Å². The predicted octanol–water partition coefficient (Wildman–Crippen LogP) is 2.55. The number of rotatable bonds is 2. The molecule has 0 fully saturated rings. The molecule has 1 amide bonds. The Morgan fingerprint density at radius 1 is 1.57 bits per heavy atom. The second kappa shape index (κ2) is 4.64. The molecular formula is C10H9ClN2O. The van der Waals surface area contributed by atoms with Gasteiger partial charge in [-0.25, -0.2) is 0 Å². The van der Waals surface area contributed by atoms with E-state index >= 15 is 0 Å². The third kappa shape index (κ3) is 2.24. The van der Waals surface area contributed by atoms with Crippen LogP contribution in [0.25, 0.3) is 0 Å². The smallest absolute Gasteiger partial charge is 0.302 e. The lowest BCUT2D eigenvalue weighted by Gasteiger charge is -2.16. The van der Waals surface area contributed by atoms with Gasteiger partial charge in [0.2, 0.25) is 0 Å². The van der Waals surface area contributed by atoms with Gasteiger partial charge in [0.05, 0.1) is 12.5 Å². The van der Waals surface area contributed by atoms with Crippen LogP contribution in [0.2, 0.25) is 0 Å². The quantitative estimate of drug-likeness (QED) is 0.554. The normalized spacial score (nSPS) is 9.21. The molecule has 1 rings (SSSR count).